The van der Waals surface area contributed by atoms with Gasteiger partial charge in [0.05, 0.1) is 0 Å². The lowest BCUT2D eigenvalue weighted by Crippen LogP contribution is -2.30. The summed E-state index contributed by atoms with van der Waals surface area (Å²) >= 11 is 0. The van der Waals surface area contributed by atoms with E-state index in [9.17, 15) is 18.0 Å². The van der Waals surface area contributed by atoms with Gasteiger partial charge in [-0.3, -0.25) is 4.79 Å². The maximum absolute atomic E-state index is 12.2. The van der Waals surface area contributed by atoms with Crippen LogP contribution in [0.5, 0.6) is 11.5 Å². The molecule has 0 spiro atoms. The summed E-state index contributed by atoms with van der Waals surface area (Å²) in [4.78, 5) is 12.2. The third-order valence-corrected chi connectivity index (χ3v) is 3.76. The molecule has 27 heavy (non-hydrogen) atoms. The lowest BCUT2D eigenvalue weighted by atomic mass is 9.87. The van der Waals surface area contributed by atoms with Gasteiger partial charge in [-0.25, -0.2) is 0 Å². The number of hydrogen-bond acceptors (Lipinski definition) is 3. The number of anilines is 1. The molecule has 0 saturated heterocycles. The van der Waals surface area contributed by atoms with Crippen LogP contribution in [0.4, 0.5) is 18.9 Å². The van der Waals surface area contributed by atoms with Crippen LogP contribution in [0.25, 0.3) is 0 Å². The van der Waals surface area contributed by atoms with Crippen molar-refractivity contribution in [2.45, 2.75) is 45.6 Å². The van der Waals surface area contributed by atoms with Crippen LogP contribution < -0.4 is 14.8 Å². The normalized spacial score (nSPS) is 13.0. The largest absolute Gasteiger partial charge is 0.573 e. The number of benzene rings is 2. The van der Waals surface area contributed by atoms with Crippen LogP contribution in [-0.2, 0) is 10.2 Å². The Kier molecular flexibility index (Phi) is 6.03. The first-order chi connectivity index (χ1) is 12.4. The molecule has 0 aliphatic rings. The lowest BCUT2D eigenvalue weighted by molar-refractivity contribution is -0.274. The summed E-state index contributed by atoms with van der Waals surface area (Å²) in [5.74, 6) is -0.220. The second-order valence-electron chi connectivity index (χ2n) is 7.10. The van der Waals surface area contributed by atoms with E-state index in [-0.39, 0.29) is 11.2 Å². The molecule has 0 saturated carbocycles. The van der Waals surface area contributed by atoms with Crippen molar-refractivity contribution in [1.82, 2.24) is 0 Å². The summed E-state index contributed by atoms with van der Waals surface area (Å²) < 4.78 is 45.8. The van der Waals surface area contributed by atoms with Gasteiger partial charge in [0.2, 0.25) is 0 Å². The van der Waals surface area contributed by atoms with Crippen molar-refractivity contribution < 1.29 is 27.4 Å². The van der Waals surface area contributed by atoms with Crippen molar-refractivity contribution in [3.8, 4) is 11.5 Å². The molecule has 1 amide bonds. The van der Waals surface area contributed by atoms with Crippen molar-refractivity contribution in [1.29, 1.82) is 0 Å². The first kappa shape index (κ1) is 20.6. The number of hydrogen-bond donors (Lipinski definition) is 1. The van der Waals surface area contributed by atoms with Crippen LogP contribution in [0.1, 0.15) is 33.3 Å². The average molecular weight is 381 g/mol. The molecule has 0 radical (unpaired) electrons. The second kappa shape index (κ2) is 7.90. The molecule has 1 N–H and O–H groups in total. The minimum absolute atomic E-state index is 0.0174. The van der Waals surface area contributed by atoms with E-state index in [1.807, 2.05) is 12.1 Å². The van der Waals surface area contributed by atoms with E-state index in [0.717, 1.165) is 17.7 Å². The summed E-state index contributed by atoms with van der Waals surface area (Å²) in [6.45, 7) is 7.89. The molecule has 2 aromatic carbocycles. The van der Waals surface area contributed by atoms with Crippen LogP contribution in [0, 0.1) is 0 Å². The molecule has 0 aliphatic carbocycles. The van der Waals surface area contributed by atoms with Crippen molar-refractivity contribution in [2.75, 3.05) is 5.32 Å². The van der Waals surface area contributed by atoms with E-state index in [2.05, 4.69) is 30.8 Å². The molecule has 146 valence electrons. The molecule has 0 aliphatic heterocycles. The average Bonchev–Trinajstić information content (AvgIpc) is 2.55. The maximum atomic E-state index is 12.2. The Morgan fingerprint density at radius 2 is 1.44 bits per heavy atom. The Morgan fingerprint density at radius 1 is 0.926 bits per heavy atom. The fourth-order valence-electron chi connectivity index (χ4n) is 2.27. The summed E-state index contributed by atoms with van der Waals surface area (Å²) in [5.41, 5.74) is 1.50. The monoisotopic (exact) mass is 381 g/mol. The Bertz CT molecular complexity index is 763. The molecule has 7 heteroatoms. The van der Waals surface area contributed by atoms with Gasteiger partial charge in [-0.05, 0) is 54.3 Å². The summed E-state index contributed by atoms with van der Waals surface area (Å²) in [6.07, 6.45) is -5.54. The van der Waals surface area contributed by atoms with Crippen molar-refractivity contribution in [3.05, 3.63) is 54.1 Å². The molecule has 2 rings (SSSR count). The van der Waals surface area contributed by atoms with E-state index in [1.54, 1.807) is 19.1 Å². The van der Waals surface area contributed by atoms with Crippen LogP contribution in [0.2, 0.25) is 0 Å². The summed E-state index contributed by atoms with van der Waals surface area (Å²) in [7, 11) is 0. The minimum Gasteiger partial charge on any atom is -0.481 e. The summed E-state index contributed by atoms with van der Waals surface area (Å²) in [6, 6.07) is 12.4. The van der Waals surface area contributed by atoms with Crippen molar-refractivity contribution >= 4 is 11.6 Å². The molecule has 0 bridgehead atoms. The Morgan fingerprint density at radius 3 is 1.93 bits per heavy atom. The van der Waals surface area contributed by atoms with Gasteiger partial charge in [0.1, 0.15) is 11.5 Å². The van der Waals surface area contributed by atoms with Crippen LogP contribution >= 0.6 is 0 Å². The van der Waals surface area contributed by atoms with Crippen molar-refractivity contribution in [2.24, 2.45) is 0 Å². The number of rotatable bonds is 5. The highest BCUT2D eigenvalue weighted by molar-refractivity contribution is 5.94. The zero-order valence-corrected chi connectivity index (χ0v) is 15.6. The van der Waals surface area contributed by atoms with Gasteiger partial charge in [-0.1, -0.05) is 32.9 Å². The molecule has 2 aromatic rings. The Hall–Kier alpha value is -2.70. The third kappa shape index (κ3) is 6.51. The van der Waals surface area contributed by atoms with E-state index < -0.39 is 18.4 Å². The number of amides is 1. The maximum Gasteiger partial charge on any atom is 0.573 e. The number of carbonyl (C=O) groups excluding carboxylic acids is 1. The lowest BCUT2D eigenvalue weighted by Gasteiger charge is -2.20. The number of ether oxygens (including phenoxy) is 2. The minimum atomic E-state index is -4.75. The fraction of sp³-hybridized carbons (Fsp3) is 0.350. The van der Waals surface area contributed by atoms with Gasteiger partial charge in [0.15, 0.2) is 6.10 Å². The number of carbonyl (C=O) groups is 1. The quantitative estimate of drug-likeness (QED) is 0.766. The van der Waals surface area contributed by atoms with E-state index in [0.29, 0.717) is 11.4 Å². The molecule has 0 fully saturated rings. The molecule has 0 unspecified atom stereocenters. The molecular weight excluding hydrogens is 359 g/mol. The van der Waals surface area contributed by atoms with Gasteiger partial charge in [0.25, 0.3) is 5.91 Å². The topological polar surface area (TPSA) is 47.6 Å². The van der Waals surface area contributed by atoms with Gasteiger partial charge < -0.3 is 14.8 Å². The second-order valence-corrected chi connectivity index (χ2v) is 7.10. The predicted octanol–water partition coefficient (Wildman–Crippen LogP) is 5.29. The Labute approximate surface area is 156 Å². The zero-order chi connectivity index (χ0) is 20.2. The van der Waals surface area contributed by atoms with E-state index >= 15 is 0 Å². The molecule has 1 atom stereocenters. The SMILES string of the molecule is C[C@H](Oc1ccc(C(C)(C)C)cc1)C(=O)Nc1ccc(OC(F)(F)F)cc1. The first-order valence-corrected chi connectivity index (χ1v) is 8.38. The standard InChI is InChI=1S/C20H22F3NO3/c1-13(26-16-9-5-14(6-10-16)19(2,3)4)18(25)24-15-7-11-17(12-8-15)27-20(21,22)23/h5-13H,1-4H3,(H,24,25)/t13-/m0/s1. The highest BCUT2D eigenvalue weighted by Crippen LogP contribution is 2.26. The fourth-order valence-corrected chi connectivity index (χ4v) is 2.27. The zero-order valence-electron chi connectivity index (χ0n) is 15.6. The number of alkyl halides is 3. The predicted molar refractivity (Wildman–Crippen MR) is 97.0 cm³/mol. The van der Waals surface area contributed by atoms with Crippen LogP contribution in [0.15, 0.2) is 48.5 Å². The van der Waals surface area contributed by atoms with Gasteiger partial charge in [-0.2, -0.15) is 0 Å². The van der Waals surface area contributed by atoms with Gasteiger partial charge in [-0.15, -0.1) is 13.2 Å². The van der Waals surface area contributed by atoms with E-state index in [4.69, 9.17) is 4.74 Å². The van der Waals surface area contributed by atoms with E-state index in [1.165, 1.54) is 12.1 Å². The van der Waals surface area contributed by atoms with Gasteiger partial charge in [0, 0.05) is 5.69 Å². The molecule has 4 nitrogen and oxygen atoms in total. The van der Waals surface area contributed by atoms with Gasteiger partial charge >= 0.3 is 6.36 Å². The van der Waals surface area contributed by atoms with Crippen LogP contribution in [-0.4, -0.2) is 18.4 Å². The molecular formula is C20H22F3NO3. The smallest absolute Gasteiger partial charge is 0.481 e. The number of halogens is 3. The number of nitrogens with one attached hydrogen (secondary N) is 1. The third-order valence-electron chi connectivity index (χ3n) is 3.76. The molecule has 0 heterocycles. The Balaban J connectivity index is 1.93. The van der Waals surface area contributed by atoms with Crippen LogP contribution in [0.3, 0.4) is 0 Å². The van der Waals surface area contributed by atoms with Crippen molar-refractivity contribution in [3.63, 3.8) is 0 Å². The highest BCUT2D eigenvalue weighted by atomic mass is 19.4. The molecule has 0 aromatic heterocycles. The highest BCUT2D eigenvalue weighted by Gasteiger charge is 2.31. The first-order valence-electron chi connectivity index (χ1n) is 8.38. The summed E-state index contributed by atoms with van der Waals surface area (Å²) in [5, 5.41) is 2.59.